The lowest BCUT2D eigenvalue weighted by atomic mass is 10.1. The minimum absolute atomic E-state index is 0.0352. The monoisotopic (exact) mass is 399 g/mol. The van der Waals surface area contributed by atoms with Crippen LogP contribution in [0.1, 0.15) is 30.6 Å². The van der Waals surface area contributed by atoms with Crippen molar-refractivity contribution in [2.24, 2.45) is 5.92 Å². The van der Waals surface area contributed by atoms with E-state index in [0.29, 0.717) is 30.0 Å². The molecule has 1 aromatic rings. The predicted octanol–water partition coefficient (Wildman–Crippen LogP) is 3.26. The number of anilines is 1. The van der Waals surface area contributed by atoms with Crippen LogP contribution in [0.4, 0.5) is 5.69 Å². The van der Waals surface area contributed by atoms with Gasteiger partial charge in [0.1, 0.15) is 0 Å². The van der Waals surface area contributed by atoms with Gasteiger partial charge >= 0.3 is 5.97 Å². The molecule has 23 heavy (non-hydrogen) atoms. The molecular formula is C16H18BrNO4S. The van der Waals surface area contributed by atoms with Crippen LogP contribution in [0.5, 0.6) is 0 Å². The maximum Gasteiger partial charge on any atom is 0.340 e. The van der Waals surface area contributed by atoms with E-state index in [9.17, 15) is 14.4 Å². The van der Waals surface area contributed by atoms with Crippen LogP contribution in [0.25, 0.3) is 0 Å². The Morgan fingerprint density at radius 1 is 1.43 bits per heavy atom. The fourth-order valence-corrected chi connectivity index (χ4v) is 3.53. The highest BCUT2D eigenvalue weighted by molar-refractivity contribution is 9.10. The molecule has 1 heterocycles. The van der Waals surface area contributed by atoms with Crippen molar-refractivity contribution >= 4 is 50.4 Å². The van der Waals surface area contributed by atoms with Crippen molar-refractivity contribution < 1.29 is 19.1 Å². The van der Waals surface area contributed by atoms with Crippen molar-refractivity contribution in [2.45, 2.75) is 20.3 Å². The molecule has 1 aliphatic heterocycles. The highest BCUT2D eigenvalue weighted by Crippen LogP contribution is 2.32. The summed E-state index contributed by atoms with van der Waals surface area (Å²) < 4.78 is 5.83. The Kier molecular flexibility index (Phi) is 6.24. The van der Waals surface area contributed by atoms with Gasteiger partial charge in [0.15, 0.2) is 5.12 Å². The Morgan fingerprint density at radius 3 is 2.83 bits per heavy atom. The minimum Gasteiger partial charge on any atom is -0.462 e. The average molecular weight is 400 g/mol. The molecule has 0 spiro atoms. The van der Waals surface area contributed by atoms with Gasteiger partial charge in [-0.2, -0.15) is 0 Å². The lowest BCUT2D eigenvalue weighted by Crippen LogP contribution is -2.27. The molecule has 0 radical (unpaired) electrons. The summed E-state index contributed by atoms with van der Waals surface area (Å²) in [6.07, 6.45) is 0.388. The predicted molar refractivity (Wildman–Crippen MR) is 93.7 cm³/mol. The van der Waals surface area contributed by atoms with Gasteiger partial charge in [-0.05, 0) is 31.0 Å². The van der Waals surface area contributed by atoms with Gasteiger partial charge in [0.2, 0.25) is 5.91 Å². The van der Waals surface area contributed by atoms with Crippen LogP contribution >= 0.6 is 27.7 Å². The van der Waals surface area contributed by atoms with Crippen LogP contribution in [0.3, 0.4) is 0 Å². The quantitative estimate of drug-likeness (QED) is 0.710. The number of amides is 1. The summed E-state index contributed by atoms with van der Waals surface area (Å²) in [5.41, 5.74) is 0.932. The number of hydrogen-bond donors (Lipinski definition) is 0. The second-order valence-electron chi connectivity index (χ2n) is 5.26. The second kappa shape index (κ2) is 7.97. The van der Waals surface area contributed by atoms with Crippen LogP contribution in [0.15, 0.2) is 22.7 Å². The third-order valence-corrected chi connectivity index (χ3v) is 5.01. The highest BCUT2D eigenvalue weighted by atomic mass is 79.9. The van der Waals surface area contributed by atoms with Gasteiger partial charge in [0.25, 0.3) is 0 Å². The van der Waals surface area contributed by atoms with Crippen molar-refractivity contribution in [1.29, 1.82) is 0 Å². The van der Waals surface area contributed by atoms with Crippen molar-refractivity contribution in [3.8, 4) is 0 Å². The van der Waals surface area contributed by atoms with E-state index in [1.54, 1.807) is 30.0 Å². The Hall–Kier alpha value is -1.34. The zero-order valence-electron chi connectivity index (χ0n) is 13.0. The minimum atomic E-state index is -0.446. The van der Waals surface area contributed by atoms with Gasteiger partial charge in [-0.3, -0.25) is 9.59 Å². The van der Waals surface area contributed by atoms with Crippen LogP contribution < -0.4 is 4.90 Å². The molecule has 0 aliphatic carbocycles. The normalized spacial score (nSPS) is 17.4. The first kappa shape index (κ1) is 18.0. The van der Waals surface area contributed by atoms with E-state index in [1.807, 2.05) is 0 Å². The molecule has 1 amide bonds. The smallest absolute Gasteiger partial charge is 0.340 e. The van der Waals surface area contributed by atoms with Crippen molar-refractivity contribution in [1.82, 2.24) is 0 Å². The summed E-state index contributed by atoms with van der Waals surface area (Å²) in [7, 11) is 0. The van der Waals surface area contributed by atoms with E-state index in [2.05, 4.69) is 15.9 Å². The molecule has 2 rings (SSSR count). The summed E-state index contributed by atoms with van der Waals surface area (Å²) in [6.45, 7) is 4.04. The van der Waals surface area contributed by atoms with Gasteiger partial charge in [-0.15, -0.1) is 0 Å². The molecule has 0 N–H and O–H groups in total. The van der Waals surface area contributed by atoms with E-state index in [4.69, 9.17) is 4.74 Å². The molecule has 7 heteroatoms. The Bertz CT molecular complexity index is 635. The van der Waals surface area contributed by atoms with Crippen LogP contribution in [-0.2, 0) is 14.3 Å². The Balaban J connectivity index is 2.22. The number of halogens is 1. The fourth-order valence-electron chi connectivity index (χ4n) is 2.48. The van der Waals surface area contributed by atoms with Gasteiger partial charge in [-0.25, -0.2) is 4.79 Å². The maximum atomic E-state index is 12.3. The number of carbonyl (C=O) groups is 3. The molecule has 1 aliphatic rings. The Labute approximate surface area is 147 Å². The van der Waals surface area contributed by atoms with E-state index in [1.165, 1.54) is 18.7 Å². The van der Waals surface area contributed by atoms with Gasteiger partial charge in [0.05, 0.1) is 17.9 Å². The van der Waals surface area contributed by atoms with Crippen LogP contribution in [-0.4, -0.2) is 35.9 Å². The van der Waals surface area contributed by atoms with E-state index < -0.39 is 5.97 Å². The zero-order valence-corrected chi connectivity index (χ0v) is 15.4. The third-order valence-electron chi connectivity index (χ3n) is 3.47. The van der Waals surface area contributed by atoms with Crippen molar-refractivity contribution in [2.75, 3.05) is 23.8 Å². The lowest BCUT2D eigenvalue weighted by Gasteiger charge is -2.20. The van der Waals surface area contributed by atoms with Crippen molar-refractivity contribution in [3.05, 3.63) is 28.2 Å². The molecule has 0 saturated carbocycles. The first-order chi connectivity index (χ1) is 10.9. The first-order valence-corrected chi connectivity index (χ1v) is 9.10. The number of rotatable bonds is 5. The lowest BCUT2D eigenvalue weighted by molar-refractivity contribution is -0.117. The molecule has 0 aromatic heterocycles. The Morgan fingerprint density at radius 2 is 2.17 bits per heavy atom. The highest BCUT2D eigenvalue weighted by Gasteiger charge is 2.33. The number of benzene rings is 1. The van der Waals surface area contributed by atoms with Crippen LogP contribution in [0.2, 0.25) is 0 Å². The fraction of sp³-hybridized carbons (Fsp3) is 0.438. The zero-order chi connectivity index (χ0) is 17.0. The molecule has 1 unspecified atom stereocenters. The molecule has 124 valence electrons. The second-order valence-corrected chi connectivity index (χ2v) is 7.37. The summed E-state index contributed by atoms with van der Waals surface area (Å²) in [6, 6.07) is 5.20. The summed E-state index contributed by atoms with van der Waals surface area (Å²) in [5, 5.41) is 0.0479. The maximum absolute atomic E-state index is 12.3. The molecule has 0 bridgehead atoms. The number of ether oxygens (including phenoxy) is 1. The van der Waals surface area contributed by atoms with E-state index in [-0.39, 0.29) is 23.5 Å². The van der Waals surface area contributed by atoms with Gasteiger partial charge in [0, 0.05) is 30.1 Å². The van der Waals surface area contributed by atoms with Gasteiger partial charge < -0.3 is 9.64 Å². The number of carbonyl (C=O) groups excluding carboxylic acids is 3. The molecule has 5 nitrogen and oxygen atoms in total. The number of nitrogens with zero attached hydrogens (tertiary/aromatic N) is 1. The van der Waals surface area contributed by atoms with Gasteiger partial charge in [-0.1, -0.05) is 27.7 Å². The number of hydrogen-bond acceptors (Lipinski definition) is 5. The molecule has 1 aromatic carbocycles. The van der Waals surface area contributed by atoms with E-state index in [0.717, 1.165) is 4.47 Å². The average Bonchev–Trinajstić information content (AvgIpc) is 2.86. The first-order valence-electron chi connectivity index (χ1n) is 7.32. The molecule has 1 saturated heterocycles. The topological polar surface area (TPSA) is 63.7 Å². The van der Waals surface area contributed by atoms with Crippen molar-refractivity contribution in [3.63, 3.8) is 0 Å². The molecule has 1 atom stereocenters. The van der Waals surface area contributed by atoms with E-state index >= 15 is 0 Å². The molecular weight excluding hydrogens is 382 g/mol. The van der Waals surface area contributed by atoms with Crippen LogP contribution in [0, 0.1) is 5.92 Å². The summed E-state index contributed by atoms with van der Waals surface area (Å²) >= 11 is 4.57. The molecule has 1 fully saturated rings. The SMILES string of the molecule is CCOC(=O)c1cc(Br)ccc1N1CC(CSC(C)=O)CC1=O. The number of esters is 1. The summed E-state index contributed by atoms with van der Waals surface area (Å²) in [4.78, 5) is 37.2. The summed E-state index contributed by atoms with van der Waals surface area (Å²) in [5.74, 6) is 0.239. The standard InChI is InChI=1S/C16H18BrNO4S/c1-3-22-16(21)13-7-12(17)4-5-14(13)18-8-11(6-15(18)20)9-23-10(2)19/h4-5,7,11H,3,6,8-9H2,1-2H3. The largest absolute Gasteiger partial charge is 0.462 e. The third kappa shape index (κ3) is 4.57. The number of thioether (sulfide) groups is 1.